The topological polar surface area (TPSA) is 89.9 Å². The van der Waals surface area contributed by atoms with Crippen molar-refractivity contribution < 1.29 is 40.4 Å². The van der Waals surface area contributed by atoms with Gasteiger partial charge in [0.2, 0.25) is 0 Å². The van der Waals surface area contributed by atoms with Gasteiger partial charge in [0, 0.05) is 10.8 Å². The Balaban J connectivity index is 1.72. The third-order valence-corrected chi connectivity index (χ3v) is 7.57. The first kappa shape index (κ1) is 26.0. The molecule has 0 aromatic heterocycles. The van der Waals surface area contributed by atoms with E-state index in [4.69, 9.17) is 9.47 Å². The van der Waals surface area contributed by atoms with Crippen LogP contribution < -0.4 is 9.47 Å². The van der Waals surface area contributed by atoms with Crippen LogP contribution in [0, 0.1) is 5.92 Å². The summed E-state index contributed by atoms with van der Waals surface area (Å²) in [4.78, 5) is 12.6. The highest BCUT2D eigenvalue weighted by Gasteiger charge is 2.42. The first-order valence-electron chi connectivity index (χ1n) is 11.4. The summed E-state index contributed by atoms with van der Waals surface area (Å²) in [6, 6.07) is 11.2. The molecule has 0 saturated heterocycles. The molecule has 6 nitrogen and oxygen atoms in total. The van der Waals surface area contributed by atoms with Gasteiger partial charge in [-0.1, -0.05) is 38.1 Å². The Labute approximate surface area is 206 Å². The second-order valence-corrected chi connectivity index (χ2v) is 10.6. The van der Waals surface area contributed by atoms with Crippen LogP contribution in [-0.4, -0.2) is 24.5 Å². The number of carbonyl (C=O) groups is 1. The van der Waals surface area contributed by atoms with E-state index in [0.29, 0.717) is 12.8 Å². The van der Waals surface area contributed by atoms with Gasteiger partial charge in [0.05, 0.1) is 11.1 Å². The molecule has 3 aromatic carbocycles. The fourth-order valence-corrected chi connectivity index (χ4v) is 5.37. The molecule has 0 atom stereocenters. The summed E-state index contributed by atoms with van der Waals surface area (Å²) in [5.41, 5.74) is -1.89. The third kappa shape index (κ3) is 5.05. The van der Waals surface area contributed by atoms with Gasteiger partial charge >= 0.3 is 12.1 Å². The standard InChI is InChI=1S/C26H25F3O6S/c1-16(2)25(13-5-6-14-25)35-22-15-17(9-10-20(22)26(27,28)29)24(30)34-21-11-12-23(36(31,32)33)19-8-4-3-7-18(19)21/h3-4,7-12,15-16H,5-6,13-14H2,1-2H3,(H,31,32,33). The van der Waals surface area contributed by atoms with Crippen LogP contribution in [0.5, 0.6) is 11.5 Å². The number of alkyl halides is 3. The third-order valence-electron chi connectivity index (χ3n) is 6.66. The first-order chi connectivity index (χ1) is 16.8. The van der Waals surface area contributed by atoms with Crippen molar-refractivity contribution in [3.05, 3.63) is 65.7 Å². The molecule has 3 aromatic rings. The van der Waals surface area contributed by atoms with Crippen LogP contribution in [0.15, 0.2) is 59.5 Å². The zero-order valence-electron chi connectivity index (χ0n) is 19.6. The van der Waals surface area contributed by atoms with Crippen molar-refractivity contribution in [2.75, 3.05) is 0 Å². The van der Waals surface area contributed by atoms with E-state index in [1.165, 1.54) is 18.2 Å². The molecule has 0 heterocycles. The molecule has 192 valence electrons. The average molecular weight is 523 g/mol. The Kier molecular flexibility index (Phi) is 6.78. The minimum atomic E-state index is -4.68. The van der Waals surface area contributed by atoms with E-state index >= 15 is 0 Å². The van der Waals surface area contributed by atoms with Gasteiger partial charge in [-0.15, -0.1) is 0 Å². The fourth-order valence-electron chi connectivity index (χ4n) is 4.67. The van der Waals surface area contributed by atoms with Crippen LogP contribution in [0.3, 0.4) is 0 Å². The quantitative estimate of drug-likeness (QED) is 0.221. The molecular formula is C26H25F3O6S. The Hall–Kier alpha value is -3.11. The zero-order valence-corrected chi connectivity index (χ0v) is 20.4. The predicted molar refractivity (Wildman–Crippen MR) is 127 cm³/mol. The number of halogens is 3. The first-order valence-corrected chi connectivity index (χ1v) is 12.9. The molecule has 0 unspecified atom stereocenters. The lowest BCUT2D eigenvalue weighted by molar-refractivity contribution is -0.140. The van der Waals surface area contributed by atoms with Crippen LogP contribution in [0.4, 0.5) is 13.2 Å². The molecule has 0 aliphatic heterocycles. The highest BCUT2D eigenvalue weighted by atomic mass is 32.2. The van der Waals surface area contributed by atoms with E-state index in [1.807, 2.05) is 13.8 Å². The lowest BCUT2D eigenvalue weighted by Crippen LogP contribution is -2.39. The van der Waals surface area contributed by atoms with Crippen LogP contribution in [0.25, 0.3) is 10.8 Å². The number of rotatable bonds is 6. The Morgan fingerprint density at radius 3 is 2.19 bits per heavy atom. The largest absolute Gasteiger partial charge is 0.486 e. The molecule has 0 bridgehead atoms. The molecule has 0 spiro atoms. The van der Waals surface area contributed by atoms with Gasteiger partial charge in [0.15, 0.2) is 0 Å². The van der Waals surface area contributed by atoms with Crippen LogP contribution in [0.1, 0.15) is 55.5 Å². The second-order valence-electron chi connectivity index (χ2n) is 9.21. The molecule has 1 fully saturated rings. The Morgan fingerprint density at radius 2 is 1.61 bits per heavy atom. The molecule has 10 heteroatoms. The van der Waals surface area contributed by atoms with Gasteiger partial charge in [-0.2, -0.15) is 21.6 Å². The van der Waals surface area contributed by atoms with Gasteiger partial charge in [0.25, 0.3) is 10.1 Å². The van der Waals surface area contributed by atoms with Crippen molar-refractivity contribution in [2.45, 2.75) is 56.2 Å². The summed E-state index contributed by atoms with van der Waals surface area (Å²) in [5.74, 6) is -1.42. The van der Waals surface area contributed by atoms with E-state index < -0.39 is 39.2 Å². The van der Waals surface area contributed by atoms with Crippen molar-refractivity contribution in [1.82, 2.24) is 0 Å². The van der Waals surface area contributed by atoms with E-state index in [-0.39, 0.29) is 32.9 Å². The van der Waals surface area contributed by atoms with E-state index in [1.54, 1.807) is 12.1 Å². The number of esters is 1. The maximum Gasteiger partial charge on any atom is 0.419 e. The molecule has 1 saturated carbocycles. The summed E-state index contributed by atoms with van der Waals surface area (Å²) >= 11 is 0. The number of hydrogen-bond donors (Lipinski definition) is 1. The van der Waals surface area contributed by atoms with Gasteiger partial charge in [0.1, 0.15) is 22.0 Å². The smallest absolute Gasteiger partial charge is 0.419 e. The van der Waals surface area contributed by atoms with Crippen LogP contribution in [0.2, 0.25) is 0 Å². The fraction of sp³-hybridized carbons (Fsp3) is 0.346. The lowest BCUT2D eigenvalue weighted by Gasteiger charge is -2.35. The van der Waals surface area contributed by atoms with Gasteiger partial charge < -0.3 is 9.47 Å². The van der Waals surface area contributed by atoms with Crippen molar-refractivity contribution in [2.24, 2.45) is 5.92 Å². The van der Waals surface area contributed by atoms with Crippen molar-refractivity contribution in [1.29, 1.82) is 0 Å². The summed E-state index contributed by atoms with van der Waals surface area (Å²) in [6.45, 7) is 3.80. The lowest BCUT2D eigenvalue weighted by atomic mass is 9.88. The van der Waals surface area contributed by atoms with E-state index in [9.17, 15) is 30.9 Å². The van der Waals surface area contributed by atoms with Crippen molar-refractivity contribution in [3.8, 4) is 11.5 Å². The second kappa shape index (κ2) is 9.40. The number of carbonyl (C=O) groups excluding carboxylic acids is 1. The number of fused-ring (bicyclic) bond motifs is 1. The molecule has 1 aliphatic rings. The number of ether oxygens (including phenoxy) is 2. The zero-order chi connectivity index (χ0) is 26.3. The molecule has 1 aliphatic carbocycles. The van der Waals surface area contributed by atoms with Gasteiger partial charge in [-0.3, -0.25) is 4.55 Å². The minimum Gasteiger partial charge on any atom is -0.486 e. The highest BCUT2D eigenvalue weighted by Crippen LogP contribution is 2.44. The van der Waals surface area contributed by atoms with Gasteiger partial charge in [-0.05, 0) is 61.9 Å². The SMILES string of the molecule is CC(C)C1(Oc2cc(C(=O)Oc3ccc(S(=O)(=O)O)c4ccccc34)ccc2C(F)(F)F)CCCC1. The Morgan fingerprint density at radius 1 is 0.972 bits per heavy atom. The maximum absolute atomic E-state index is 13.8. The number of benzene rings is 3. The molecule has 1 N–H and O–H groups in total. The van der Waals surface area contributed by atoms with E-state index in [0.717, 1.165) is 37.1 Å². The van der Waals surface area contributed by atoms with Crippen LogP contribution >= 0.6 is 0 Å². The van der Waals surface area contributed by atoms with Crippen molar-refractivity contribution in [3.63, 3.8) is 0 Å². The molecule has 0 radical (unpaired) electrons. The summed E-state index contributed by atoms with van der Waals surface area (Å²) in [5, 5.41) is 0.357. The molecular weight excluding hydrogens is 497 g/mol. The normalized spacial score (nSPS) is 15.9. The molecule has 4 rings (SSSR count). The maximum atomic E-state index is 13.8. The monoisotopic (exact) mass is 522 g/mol. The molecule has 36 heavy (non-hydrogen) atoms. The summed E-state index contributed by atoms with van der Waals surface area (Å²) in [7, 11) is -4.54. The predicted octanol–water partition coefficient (Wildman–Crippen LogP) is 6.67. The average Bonchev–Trinajstić information content (AvgIpc) is 3.27. The summed E-state index contributed by atoms with van der Waals surface area (Å²) < 4.78 is 85.7. The Bertz CT molecular complexity index is 1410. The van der Waals surface area contributed by atoms with E-state index in [2.05, 4.69) is 0 Å². The van der Waals surface area contributed by atoms with Crippen molar-refractivity contribution >= 4 is 26.9 Å². The van der Waals surface area contributed by atoms with Gasteiger partial charge in [-0.25, -0.2) is 4.79 Å². The summed E-state index contributed by atoms with van der Waals surface area (Å²) in [6.07, 6.45) is -1.77. The minimum absolute atomic E-state index is 0.0141. The molecule has 0 amide bonds. The number of hydrogen-bond acceptors (Lipinski definition) is 5. The van der Waals surface area contributed by atoms with Crippen LogP contribution in [-0.2, 0) is 16.3 Å². The highest BCUT2D eigenvalue weighted by molar-refractivity contribution is 7.86.